The highest BCUT2D eigenvalue weighted by Crippen LogP contribution is 2.11. The molecule has 1 atom stereocenters. The average molecular weight is 414 g/mol. The van der Waals surface area contributed by atoms with Crippen LogP contribution in [0.15, 0.2) is 58.2 Å². The molecule has 0 spiro atoms. The highest BCUT2D eigenvalue weighted by molar-refractivity contribution is 9.10. The molecule has 0 aliphatic carbocycles. The molecule has 1 unspecified atom stereocenters. The smallest absolute Gasteiger partial charge is 0.294 e. The van der Waals surface area contributed by atoms with E-state index >= 15 is 0 Å². The van der Waals surface area contributed by atoms with Gasteiger partial charge in [0.2, 0.25) is 0 Å². The van der Waals surface area contributed by atoms with E-state index in [0.29, 0.717) is 6.42 Å². The molecular weight excluding hydrogens is 394 g/mol. The Morgan fingerprint density at radius 2 is 1.88 bits per heavy atom. The summed E-state index contributed by atoms with van der Waals surface area (Å²) in [5.74, 6) is 0. The molecule has 2 rings (SSSR count). The Kier molecular flexibility index (Phi) is 8.27. The van der Waals surface area contributed by atoms with Crippen LogP contribution < -0.4 is 0 Å². The summed E-state index contributed by atoms with van der Waals surface area (Å²) in [5.41, 5.74) is 1.99. The molecule has 0 fully saturated rings. The average Bonchev–Trinajstić information content (AvgIpc) is 2.47. The van der Waals surface area contributed by atoms with Crippen LogP contribution in [0.4, 0.5) is 0 Å². The second kappa shape index (κ2) is 9.68. The van der Waals surface area contributed by atoms with Crippen molar-refractivity contribution in [2.45, 2.75) is 31.3 Å². The Hall–Kier alpha value is -1.54. The minimum atomic E-state index is -4.02. The van der Waals surface area contributed by atoms with E-state index < -0.39 is 10.1 Å². The lowest BCUT2D eigenvalue weighted by molar-refractivity contribution is 0.199. The van der Waals surface area contributed by atoms with Crippen molar-refractivity contribution in [1.29, 1.82) is 0 Å². The molecule has 0 bridgehead atoms. The minimum absolute atomic E-state index is 0.0666. The molecule has 2 aromatic rings. The maximum Gasteiger partial charge on any atom is 0.294 e. The molecule has 0 aliphatic heterocycles. The summed E-state index contributed by atoms with van der Waals surface area (Å²) in [6, 6.07) is 7.97. The number of aliphatic hydroxyl groups is 1. The van der Waals surface area contributed by atoms with Crippen LogP contribution in [-0.4, -0.2) is 29.2 Å². The third-order valence-electron chi connectivity index (χ3n) is 2.83. The number of aromatic nitrogens is 1. The van der Waals surface area contributed by atoms with Gasteiger partial charge in [0.05, 0.1) is 11.0 Å². The van der Waals surface area contributed by atoms with Crippen LogP contribution in [0.1, 0.15) is 24.5 Å². The summed E-state index contributed by atoms with van der Waals surface area (Å²) in [6.45, 7) is 3.61. The zero-order chi connectivity index (χ0) is 18.2. The van der Waals surface area contributed by atoms with Gasteiger partial charge in [-0.1, -0.05) is 29.8 Å². The summed E-state index contributed by atoms with van der Waals surface area (Å²) >= 11 is 3.34. The highest BCUT2D eigenvalue weighted by Gasteiger charge is 2.06. The van der Waals surface area contributed by atoms with E-state index in [-0.39, 0.29) is 11.0 Å². The molecule has 1 aromatic heterocycles. The fourth-order valence-corrected chi connectivity index (χ4v) is 2.49. The second-order valence-electron chi connectivity index (χ2n) is 5.21. The van der Waals surface area contributed by atoms with Gasteiger partial charge >= 0.3 is 0 Å². The van der Waals surface area contributed by atoms with Crippen molar-refractivity contribution in [3.8, 4) is 0 Å². The van der Waals surface area contributed by atoms with Crippen LogP contribution in [0.2, 0.25) is 0 Å². The first-order valence-electron chi connectivity index (χ1n) is 7.18. The lowest BCUT2D eigenvalue weighted by Crippen LogP contribution is -1.96. The fraction of sp³-hybridized carbons (Fsp3) is 0.235. The van der Waals surface area contributed by atoms with Gasteiger partial charge in [0.1, 0.15) is 0 Å². The van der Waals surface area contributed by atoms with E-state index in [1.54, 1.807) is 31.5 Å². The molecule has 7 heteroatoms. The number of nitrogens with zero attached hydrogens (tertiary/aromatic N) is 1. The summed E-state index contributed by atoms with van der Waals surface area (Å²) in [7, 11) is -4.02. The zero-order valence-corrected chi connectivity index (χ0v) is 15.8. The molecule has 0 radical (unpaired) electrons. The van der Waals surface area contributed by atoms with E-state index in [2.05, 4.69) is 20.9 Å². The van der Waals surface area contributed by atoms with Crippen LogP contribution >= 0.6 is 15.9 Å². The summed E-state index contributed by atoms with van der Waals surface area (Å²) in [4.78, 5) is 3.95. The molecular formula is C17H20BrNO4S. The molecule has 1 aromatic carbocycles. The van der Waals surface area contributed by atoms with E-state index in [4.69, 9.17) is 9.66 Å². The van der Waals surface area contributed by atoms with Crippen LogP contribution in [-0.2, 0) is 10.1 Å². The number of benzene rings is 1. The molecule has 0 aliphatic rings. The van der Waals surface area contributed by atoms with Crippen molar-refractivity contribution in [2.75, 3.05) is 0 Å². The number of halogens is 1. The second-order valence-corrected chi connectivity index (χ2v) is 7.55. The van der Waals surface area contributed by atoms with Crippen molar-refractivity contribution in [2.24, 2.45) is 0 Å². The quantitative estimate of drug-likeness (QED) is 0.742. The third kappa shape index (κ3) is 8.35. The molecule has 0 amide bonds. The number of aryl methyl sites for hydroxylation is 1. The van der Waals surface area contributed by atoms with Crippen molar-refractivity contribution in [3.05, 3.63) is 64.4 Å². The summed E-state index contributed by atoms with van der Waals surface area (Å²) in [6.07, 6.45) is 7.80. The number of hydrogen-bond acceptors (Lipinski definition) is 4. The zero-order valence-electron chi connectivity index (χ0n) is 13.4. The van der Waals surface area contributed by atoms with Crippen LogP contribution in [0.5, 0.6) is 0 Å². The number of aliphatic hydroxyl groups excluding tert-OH is 1. The molecule has 2 N–H and O–H groups in total. The first kappa shape index (κ1) is 20.5. The Morgan fingerprint density at radius 3 is 2.38 bits per heavy atom. The van der Waals surface area contributed by atoms with Crippen LogP contribution in [0.25, 0.3) is 6.08 Å². The van der Waals surface area contributed by atoms with Gasteiger partial charge in [0.25, 0.3) is 10.1 Å². The standard InChI is InChI=1S/C10H12BrNO.C7H8O3S/c1-8(13)3-2-4-9-5-10(11)7-12-6-9;1-6-2-4-7(5-3-6)11(8,9)10/h2,4-8,13H,3H2,1H3;2-5H,1H3,(H,8,9,10). The summed E-state index contributed by atoms with van der Waals surface area (Å²) < 4.78 is 30.5. The Morgan fingerprint density at radius 1 is 1.25 bits per heavy atom. The maximum absolute atomic E-state index is 10.5. The van der Waals surface area contributed by atoms with E-state index in [1.165, 1.54) is 12.1 Å². The van der Waals surface area contributed by atoms with E-state index in [9.17, 15) is 8.42 Å². The Balaban J connectivity index is 0.000000243. The lowest BCUT2D eigenvalue weighted by Gasteiger charge is -1.97. The molecule has 0 saturated carbocycles. The fourth-order valence-electron chi connectivity index (χ4n) is 1.63. The normalized spacial score (nSPS) is 12.5. The highest BCUT2D eigenvalue weighted by atomic mass is 79.9. The molecule has 130 valence electrons. The SMILES string of the molecule is CC(O)CC=Cc1cncc(Br)c1.Cc1ccc(S(=O)(=O)O)cc1. The van der Waals surface area contributed by atoms with Crippen molar-refractivity contribution in [3.63, 3.8) is 0 Å². The predicted octanol–water partition coefficient (Wildman–Crippen LogP) is 3.87. The van der Waals surface area contributed by atoms with E-state index in [1.807, 2.05) is 25.1 Å². The minimum Gasteiger partial charge on any atom is -0.393 e. The third-order valence-corrected chi connectivity index (χ3v) is 4.13. The Labute approximate surface area is 151 Å². The van der Waals surface area contributed by atoms with Gasteiger partial charge in [-0.2, -0.15) is 8.42 Å². The van der Waals surface area contributed by atoms with Gasteiger partial charge < -0.3 is 5.11 Å². The van der Waals surface area contributed by atoms with Crippen LogP contribution in [0, 0.1) is 6.92 Å². The van der Waals surface area contributed by atoms with Crippen molar-refractivity contribution >= 4 is 32.1 Å². The monoisotopic (exact) mass is 413 g/mol. The molecule has 1 heterocycles. The first-order chi connectivity index (χ1) is 11.2. The first-order valence-corrected chi connectivity index (χ1v) is 9.41. The van der Waals surface area contributed by atoms with Crippen molar-refractivity contribution < 1.29 is 18.1 Å². The molecule has 0 saturated heterocycles. The molecule has 5 nitrogen and oxygen atoms in total. The Bertz CT molecular complexity index is 771. The maximum atomic E-state index is 10.5. The van der Waals surface area contributed by atoms with Gasteiger partial charge in [-0.25, -0.2) is 0 Å². The summed E-state index contributed by atoms with van der Waals surface area (Å²) in [5, 5.41) is 9.01. The predicted molar refractivity (Wildman–Crippen MR) is 98.3 cm³/mol. The number of rotatable bonds is 4. The van der Waals surface area contributed by atoms with Gasteiger partial charge in [-0.15, -0.1) is 0 Å². The van der Waals surface area contributed by atoms with E-state index in [0.717, 1.165) is 15.6 Å². The van der Waals surface area contributed by atoms with Gasteiger partial charge in [-0.05, 0) is 60.0 Å². The van der Waals surface area contributed by atoms with Crippen molar-refractivity contribution in [1.82, 2.24) is 4.98 Å². The largest absolute Gasteiger partial charge is 0.393 e. The van der Waals surface area contributed by atoms with Gasteiger partial charge in [-0.3, -0.25) is 9.54 Å². The van der Waals surface area contributed by atoms with Gasteiger partial charge in [0, 0.05) is 16.9 Å². The topological polar surface area (TPSA) is 87.5 Å². The van der Waals surface area contributed by atoms with Gasteiger partial charge in [0.15, 0.2) is 0 Å². The lowest BCUT2D eigenvalue weighted by atomic mass is 10.2. The number of pyridine rings is 1. The molecule has 24 heavy (non-hydrogen) atoms. The van der Waals surface area contributed by atoms with Crippen LogP contribution in [0.3, 0.4) is 0 Å². The number of hydrogen-bond donors (Lipinski definition) is 2.